The number of aromatic amines is 2. The summed E-state index contributed by atoms with van der Waals surface area (Å²) in [4.78, 5) is 31.3. The third-order valence-corrected chi connectivity index (χ3v) is 6.04. The number of amides is 1. The Bertz CT molecular complexity index is 1240. The summed E-state index contributed by atoms with van der Waals surface area (Å²) < 4.78 is 1.98. The zero-order valence-corrected chi connectivity index (χ0v) is 19.2. The highest BCUT2D eigenvalue weighted by molar-refractivity contribution is 6.07. The van der Waals surface area contributed by atoms with Gasteiger partial charge in [-0.15, -0.1) is 0 Å². The molecule has 4 rings (SSSR count). The second kappa shape index (κ2) is 10.3. The topological polar surface area (TPSA) is 81.0 Å². The summed E-state index contributed by atoms with van der Waals surface area (Å²) in [6.07, 6.45) is 7.96. The summed E-state index contributed by atoms with van der Waals surface area (Å²) in [6, 6.07) is 17.8. The molecule has 0 saturated heterocycles. The fourth-order valence-corrected chi connectivity index (χ4v) is 4.27. The number of Topliss-reactive ketones (excluding diaryl/α,β-unsaturated/α-hetero) is 1. The molecule has 0 spiro atoms. The van der Waals surface area contributed by atoms with Gasteiger partial charge in [0.2, 0.25) is 0 Å². The minimum absolute atomic E-state index is 0.0928. The minimum atomic E-state index is -0.189. The summed E-state index contributed by atoms with van der Waals surface area (Å²) in [7, 11) is 1.95. The van der Waals surface area contributed by atoms with Crippen molar-refractivity contribution < 1.29 is 14.6 Å². The molecule has 6 nitrogen and oxygen atoms in total. The summed E-state index contributed by atoms with van der Waals surface area (Å²) in [5.74, 6) is 1.000. The maximum Gasteiger partial charge on any atom is 0.275 e. The van der Waals surface area contributed by atoms with Crippen LogP contribution in [-0.2, 0) is 11.8 Å². The zero-order valence-electron chi connectivity index (χ0n) is 19.2. The van der Waals surface area contributed by atoms with Gasteiger partial charge in [-0.2, -0.15) is 0 Å². The van der Waals surface area contributed by atoms with Gasteiger partial charge in [0.25, 0.3) is 11.7 Å². The van der Waals surface area contributed by atoms with E-state index in [4.69, 9.17) is 0 Å². The average Bonchev–Trinajstić information content (AvgIpc) is 3.44. The Kier molecular flexibility index (Phi) is 7.03. The van der Waals surface area contributed by atoms with Gasteiger partial charge in [-0.25, -0.2) is 9.97 Å². The number of carbonyl (C=O) groups is 2. The number of fused-ring (bicyclic) bond motifs is 1. The Balaban J connectivity index is 1.54. The van der Waals surface area contributed by atoms with Crippen LogP contribution in [-0.4, -0.2) is 21.2 Å². The van der Waals surface area contributed by atoms with Crippen LogP contribution in [0.1, 0.15) is 61.3 Å². The van der Waals surface area contributed by atoms with Crippen LogP contribution in [0.3, 0.4) is 0 Å². The van der Waals surface area contributed by atoms with E-state index in [-0.39, 0.29) is 17.7 Å². The van der Waals surface area contributed by atoms with Gasteiger partial charge in [-0.05, 0) is 25.8 Å². The third kappa shape index (κ3) is 5.40. The summed E-state index contributed by atoms with van der Waals surface area (Å²) in [5, 5.41) is 4.18. The molecule has 0 unspecified atom stereocenters. The second-order valence-electron chi connectivity index (χ2n) is 8.61. The first-order chi connectivity index (χ1) is 16.0. The Morgan fingerprint density at radius 3 is 2.58 bits per heavy atom. The molecule has 170 valence electrons. The van der Waals surface area contributed by atoms with E-state index in [0.29, 0.717) is 12.0 Å². The molecule has 0 bridgehead atoms. The normalized spacial score (nSPS) is 12.1. The van der Waals surface area contributed by atoms with E-state index < -0.39 is 0 Å². The average molecular weight is 444 g/mol. The molecule has 0 fully saturated rings. The van der Waals surface area contributed by atoms with Gasteiger partial charge in [0.05, 0.1) is 5.56 Å². The number of nitrogens with zero attached hydrogens (tertiary/aromatic N) is 1. The lowest BCUT2D eigenvalue weighted by Gasteiger charge is -2.14. The summed E-state index contributed by atoms with van der Waals surface area (Å²) in [5.41, 5.74) is 3.76. The largest absolute Gasteiger partial charge is 0.350 e. The standard InChI is InChI=1S/C27H30N4O2/c1-19(32)11-5-3-8-15-23(26-28-17-24(29-26)20-12-6-4-7-13-20)30-27(33)22-18-31(2)25-16-10-9-14-21(22)25/h4,6-7,9-10,12-14,16-18,23H,3,5,8,11,15H2,1-2H3,(H,28,29)(H,30,33)/p+1/t23-/m0/s1. The first kappa shape index (κ1) is 22.5. The lowest BCUT2D eigenvalue weighted by atomic mass is 10.0. The number of hydrogen-bond donors (Lipinski definition) is 2. The Labute approximate surface area is 194 Å². The van der Waals surface area contributed by atoms with Gasteiger partial charge < -0.3 is 14.7 Å². The first-order valence-corrected chi connectivity index (χ1v) is 11.5. The molecular weight excluding hydrogens is 412 g/mol. The summed E-state index contributed by atoms with van der Waals surface area (Å²) in [6.45, 7) is 1.63. The number of nitrogens with one attached hydrogen (secondary N) is 3. The number of para-hydroxylation sites is 1. The number of benzene rings is 2. The van der Waals surface area contributed by atoms with E-state index in [1.807, 2.05) is 66.5 Å². The van der Waals surface area contributed by atoms with Crippen LogP contribution in [0.15, 0.2) is 67.0 Å². The molecular formula is C27H31N4O2+. The number of ketones is 1. The van der Waals surface area contributed by atoms with Crippen LogP contribution in [0.2, 0.25) is 0 Å². The van der Waals surface area contributed by atoms with Gasteiger partial charge in [0.15, 0.2) is 5.69 Å². The Morgan fingerprint density at radius 2 is 1.79 bits per heavy atom. The van der Waals surface area contributed by atoms with Crippen LogP contribution in [0.25, 0.3) is 22.2 Å². The number of H-pyrrole nitrogens is 2. The van der Waals surface area contributed by atoms with Gasteiger partial charge in [0.1, 0.15) is 18.0 Å². The molecule has 4 aromatic rings. The molecule has 2 aromatic heterocycles. The predicted molar refractivity (Wildman–Crippen MR) is 130 cm³/mol. The van der Waals surface area contributed by atoms with Crippen LogP contribution in [0.4, 0.5) is 0 Å². The van der Waals surface area contributed by atoms with Gasteiger partial charge >= 0.3 is 0 Å². The van der Waals surface area contributed by atoms with E-state index in [2.05, 4.69) is 27.4 Å². The highest BCUT2D eigenvalue weighted by atomic mass is 16.1. The second-order valence-corrected chi connectivity index (χ2v) is 8.61. The molecule has 6 heteroatoms. The van der Waals surface area contributed by atoms with E-state index in [9.17, 15) is 9.59 Å². The van der Waals surface area contributed by atoms with Crippen molar-refractivity contribution in [2.75, 3.05) is 0 Å². The SMILES string of the molecule is CC(=O)CCCCC[C@H](NC(=O)c1cn(C)c2ccccc12)c1[nH]c(-c2ccccc2)c[nH+]1. The van der Waals surface area contributed by atoms with Gasteiger partial charge in [0, 0.05) is 36.1 Å². The Morgan fingerprint density at radius 1 is 1.03 bits per heavy atom. The third-order valence-electron chi connectivity index (χ3n) is 6.04. The monoisotopic (exact) mass is 443 g/mol. The van der Waals surface area contributed by atoms with Crippen molar-refractivity contribution >= 4 is 22.6 Å². The molecule has 3 N–H and O–H groups in total. The van der Waals surface area contributed by atoms with Crippen LogP contribution in [0.5, 0.6) is 0 Å². The van der Waals surface area contributed by atoms with Gasteiger partial charge in [-0.3, -0.25) is 4.79 Å². The van der Waals surface area contributed by atoms with Crippen molar-refractivity contribution in [3.63, 3.8) is 0 Å². The number of hydrogen-bond acceptors (Lipinski definition) is 2. The lowest BCUT2D eigenvalue weighted by molar-refractivity contribution is -0.391. The fraction of sp³-hybridized carbons (Fsp3) is 0.296. The maximum absolute atomic E-state index is 13.3. The van der Waals surface area contributed by atoms with Gasteiger partial charge in [-0.1, -0.05) is 61.4 Å². The minimum Gasteiger partial charge on any atom is -0.350 e. The van der Waals surface area contributed by atoms with Crippen LogP contribution >= 0.6 is 0 Å². The fourth-order valence-electron chi connectivity index (χ4n) is 4.27. The Hall–Kier alpha value is -3.67. The van der Waals surface area contributed by atoms with Crippen molar-refractivity contribution in [3.8, 4) is 11.3 Å². The highest BCUT2D eigenvalue weighted by Crippen LogP contribution is 2.24. The number of carbonyl (C=O) groups excluding carboxylic acids is 2. The number of unbranched alkanes of at least 4 members (excludes halogenated alkanes) is 2. The predicted octanol–water partition coefficient (Wildman–Crippen LogP) is 5.00. The van der Waals surface area contributed by atoms with Crippen molar-refractivity contribution in [2.45, 2.75) is 45.1 Å². The maximum atomic E-state index is 13.3. The quantitative estimate of drug-likeness (QED) is 0.338. The molecule has 1 amide bonds. The highest BCUT2D eigenvalue weighted by Gasteiger charge is 2.25. The van der Waals surface area contributed by atoms with Crippen molar-refractivity contribution in [2.24, 2.45) is 7.05 Å². The molecule has 0 radical (unpaired) electrons. The van der Waals surface area contributed by atoms with E-state index in [1.165, 1.54) is 0 Å². The zero-order chi connectivity index (χ0) is 23.2. The van der Waals surface area contributed by atoms with E-state index in [0.717, 1.165) is 53.7 Å². The van der Waals surface area contributed by atoms with E-state index >= 15 is 0 Å². The smallest absolute Gasteiger partial charge is 0.275 e. The molecule has 0 aliphatic heterocycles. The molecule has 2 aromatic carbocycles. The molecule has 0 saturated carbocycles. The molecule has 0 aliphatic rings. The summed E-state index contributed by atoms with van der Waals surface area (Å²) >= 11 is 0. The lowest BCUT2D eigenvalue weighted by Crippen LogP contribution is -2.32. The van der Waals surface area contributed by atoms with Crippen molar-refractivity contribution in [1.29, 1.82) is 0 Å². The number of rotatable bonds is 10. The molecule has 1 atom stereocenters. The number of imidazole rings is 1. The number of aromatic nitrogens is 3. The molecule has 33 heavy (non-hydrogen) atoms. The van der Waals surface area contributed by atoms with Crippen molar-refractivity contribution in [3.05, 3.63) is 78.4 Å². The number of aryl methyl sites for hydroxylation is 1. The van der Waals surface area contributed by atoms with E-state index in [1.54, 1.807) is 6.92 Å². The van der Waals surface area contributed by atoms with Crippen LogP contribution < -0.4 is 10.3 Å². The molecule has 2 heterocycles. The van der Waals surface area contributed by atoms with Crippen LogP contribution in [0, 0.1) is 0 Å². The molecule has 0 aliphatic carbocycles. The first-order valence-electron chi connectivity index (χ1n) is 11.5. The van der Waals surface area contributed by atoms with Crippen molar-refractivity contribution in [1.82, 2.24) is 14.9 Å².